The molecule has 1 aromatic carbocycles. The van der Waals surface area contributed by atoms with Crippen LogP contribution in [0.1, 0.15) is 10.4 Å². The number of halogens is 1. The van der Waals surface area contributed by atoms with Crippen LogP contribution in [-0.2, 0) is 0 Å². The Hall–Kier alpha value is -2.60. The van der Waals surface area contributed by atoms with E-state index in [0.29, 0.717) is 16.9 Å². The van der Waals surface area contributed by atoms with E-state index < -0.39 is 6.03 Å². The molecule has 0 fully saturated rings. The Bertz CT molecular complexity index is 643. The average Bonchev–Trinajstić information content (AvgIpc) is 2.41. The van der Waals surface area contributed by atoms with Crippen molar-refractivity contribution in [2.45, 2.75) is 0 Å². The Balaban J connectivity index is 2.09. The number of hydrogen-bond acceptors (Lipinski definition) is 3. The van der Waals surface area contributed by atoms with Gasteiger partial charge in [0.05, 0.1) is 10.6 Å². The van der Waals surface area contributed by atoms with Crippen LogP contribution < -0.4 is 16.4 Å². The van der Waals surface area contributed by atoms with Crippen molar-refractivity contribution in [2.75, 3.05) is 10.6 Å². The molecule has 0 bridgehead atoms. The van der Waals surface area contributed by atoms with E-state index in [0.717, 1.165) is 0 Å². The summed E-state index contributed by atoms with van der Waals surface area (Å²) in [6.45, 7) is 0. The van der Waals surface area contributed by atoms with E-state index in [1.807, 2.05) is 0 Å². The van der Waals surface area contributed by atoms with Crippen LogP contribution >= 0.6 is 11.6 Å². The van der Waals surface area contributed by atoms with Crippen LogP contribution in [0.25, 0.3) is 0 Å². The largest absolute Gasteiger partial charge is 0.351 e. The summed E-state index contributed by atoms with van der Waals surface area (Å²) in [5.41, 5.74) is 6.44. The number of carbonyl (C=O) groups excluding carboxylic acids is 2. The van der Waals surface area contributed by atoms with Crippen molar-refractivity contribution < 1.29 is 9.59 Å². The van der Waals surface area contributed by atoms with Gasteiger partial charge in [0.2, 0.25) is 0 Å². The molecule has 102 valence electrons. The lowest BCUT2D eigenvalue weighted by Crippen LogP contribution is -2.19. The van der Waals surface area contributed by atoms with Crippen molar-refractivity contribution in [3.05, 3.63) is 53.3 Å². The second-order valence-electron chi connectivity index (χ2n) is 3.88. The summed E-state index contributed by atoms with van der Waals surface area (Å²) >= 11 is 5.88. The number of aromatic nitrogens is 1. The number of rotatable bonds is 3. The highest BCUT2D eigenvalue weighted by atomic mass is 35.5. The topological polar surface area (TPSA) is 97.1 Å². The van der Waals surface area contributed by atoms with E-state index in [-0.39, 0.29) is 10.9 Å². The van der Waals surface area contributed by atoms with Gasteiger partial charge in [-0.25, -0.2) is 4.79 Å². The van der Waals surface area contributed by atoms with E-state index in [9.17, 15) is 9.59 Å². The molecule has 2 aromatic rings. The number of pyridine rings is 1. The molecule has 0 saturated heterocycles. The molecule has 0 unspecified atom stereocenters. The van der Waals surface area contributed by atoms with E-state index in [4.69, 9.17) is 17.3 Å². The molecule has 2 rings (SSSR count). The maximum Gasteiger partial charge on any atom is 0.316 e. The maximum atomic E-state index is 12.0. The van der Waals surface area contributed by atoms with Crippen LogP contribution in [0.5, 0.6) is 0 Å². The Morgan fingerprint density at radius 1 is 1.05 bits per heavy atom. The third-order valence-corrected chi connectivity index (χ3v) is 2.73. The minimum atomic E-state index is -0.648. The maximum absolute atomic E-state index is 12.0. The zero-order valence-electron chi connectivity index (χ0n) is 10.3. The summed E-state index contributed by atoms with van der Waals surface area (Å²) in [4.78, 5) is 26.5. The fourth-order valence-corrected chi connectivity index (χ4v) is 1.74. The number of carbonyl (C=O) groups is 2. The first-order chi connectivity index (χ1) is 9.56. The molecule has 6 nitrogen and oxygen atoms in total. The van der Waals surface area contributed by atoms with Gasteiger partial charge in [0.25, 0.3) is 5.91 Å². The molecule has 0 aliphatic heterocycles. The predicted octanol–water partition coefficient (Wildman–Crippen LogP) is 2.48. The van der Waals surface area contributed by atoms with Crippen LogP contribution in [0.3, 0.4) is 0 Å². The highest BCUT2D eigenvalue weighted by Crippen LogP contribution is 2.17. The SMILES string of the molecule is NC(=O)Nc1ccc(NC(=O)c2ccncc2Cl)cc1. The Morgan fingerprint density at radius 2 is 1.65 bits per heavy atom. The van der Waals surface area contributed by atoms with Crippen molar-refractivity contribution in [3.8, 4) is 0 Å². The number of benzene rings is 1. The first kappa shape index (κ1) is 13.8. The van der Waals surface area contributed by atoms with E-state index in [1.54, 1.807) is 24.3 Å². The summed E-state index contributed by atoms with van der Waals surface area (Å²) in [5, 5.41) is 5.38. The molecule has 0 aliphatic carbocycles. The molecular formula is C13H11ClN4O2. The predicted molar refractivity (Wildman–Crippen MR) is 76.8 cm³/mol. The molecule has 0 radical (unpaired) electrons. The molecule has 1 aromatic heterocycles. The molecule has 1 heterocycles. The first-order valence-corrected chi connectivity index (χ1v) is 6.01. The number of anilines is 2. The van der Waals surface area contributed by atoms with Crippen molar-refractivity contribution in [3.63, 3.8) is 0 Å². The lowest BCUT2D eigenvalue weighted by Gasteiger charge is -2.07. The van der Waals surface area contributed by atoms with Crippen molar-refractivity contribution in [1.29, 1.82) is 0 Å². The molecule has 0 saturated carbocycles. The van der Waals surface area contributed by atoms with Crippen molar-refractivity contribution >= 4 is 34.9 Å². The number of nitrogens with one attached hydrogen (secondary N) is 2. The molecule has 0 aliphatic rings. The lowest BCUT2D eigenvalue weighted by molar-refractivity contribution is 0.102. The van der Waals surface area contributed by atoms with Gasteiger partial charge in [0.1, 0.15) is 0 Å². The van der Waals surface area contributed by atoms with Crippen LogP contribution in [0.4, 0.5) is 16.2 Å². The zero-order valence-corrected chi connectivity index (χ0v) is 11.0. The summed E-state index contributed by atoms with van der Waals surface area (Å²) in [6.07, 6.45) is 2.89. The first-order valence-electron chi connectivity index (χ1n) is 5.63. The van der Waals surface area contributed by atoms with Gasteiger partial charge in [-0.1, -0.05) is 11.6 Å². The highest BCUT2D eigenvalue weighted by Gasteiger charge is 2.10. The fraction of sp³-hybridized carbons (Fsp3) is 0. The van der Waals surface area contributed by atoms with Gasteiger partial charge < -0.3 is 16.4 Å². The van der Waals surface area contributed by atoms with E-state index in [1.165, 1.54) is 18.5 Å². The second kappa shape index (κ2) is 6.03. The van der Waals surface area contributed by atoms with E-state index in [2.05, 4.69) is 15.6 Å². The second-order valence-corrected chi connectivity index (χ2v) is 4.28. The van der Waals surface area contributed by atoms with Gasteiger partial charge >= 0.3 is 6.03 Å². The zero-order chi connectivity index (χ0) is 14.5. The van der Waals surface area contributed by atoms with Gasteiger partial charge in [0, 0.05) is 23.8 Å². The van der Waals surface area contributed by atoms with Gasteiger partial charge in [-0.05, 0) is 30.3 Å². The molecule has 0 spiro atoms. The summed E-state index contributed by atoms with van der Waals surface area (Å²) in [5.74, 6) is -0.340. The number of urea groups is 1. The number of primary amides is 1. The number of nitrogens with zero attached hydrogens (tertiary/aromatic N) is 1. The molecule has 3 amide bonds. The lowest BCUT2D eigenvalue weighted by atomic mass is 10.2. The fourth-order valence-electron chi connectivity index (χ4n) is 1.54. The molecule has 4 N–H and O–H groups in total. The smallest absolute Gasteiger partial charge is 0.316 e. The van der Waals surface area contributed by atoms with Crippen molar-refractivity contribution in [2.24, 2.45) is 5.73 Å². The summed E-state index contributed by atoms with van der Waals surface area (Å²) in [6, 6.07) is 7.39. The highest BCUT2D eigenvalue weighted by molar-refractivity contribution is 6.34. The number of nitrogens with two attached hydrogens (primary N) is 1. The quantitative estimate of drug-likeness (QED) is 0.810. The van der Waals surface area contributed by atoms with Gasteiger partial charge in [-0.3, -0.25) is 9.78 Å². The van der Waals surface area contributed by atoms with Gasteiger partial charge in [-0.15, -0.1) is 0 Å². The van der Waals surface area contributed by atoms with Crippen LogP contribution in [-0.4, -0.2) is 16.9 Å². The van der Waals surface area contributed by atoms with Crippen LogP contribution in [0.2, 0.25) is 5.02 Å². The Labute approximate surface area is 120 Å². The molecule has 0 atom stereocenters. The van der Waals surface area contributed by atoms with Crippen LogP contribution in [0, 0.1) is 0 Å². The molecule has 7 heteroatoms. The van der Waals surface area contributed by atoms with Gasteiger partial charge in [-0.2, -0.15) is 0 Å². The normalized spacial score (nSPS) is 9.85. The standard InChI is InChI=1S/C13H11ClN4O2/c14-11-7-16-6-5-10(11)12(19)17-8-1-3-9(4-2-8)18-13(15)20/h1-7H,(H,17,19)(H3,15,18,20). The Morgan fingerprint density at radius 3 is 2.20 bits per heavy atom. The minimum Gasteiger partial charge on any atom is -0.351 e. The number of hydrogen-bond donors (Lipinski definition) is 3. The summed E-state index contributed by atoms with van der Waals surface area (Å²) in [7, 11) is 0. The van der Waals surface area contributed by atoms with E-state index >= 15 is 0 Å². The Kier molecular flexibility index (Phi) is 4.17. The average molecular weight is 291 g/mol. The monoisotopic (exact) mass is 290 g/mol. The summed E-state index contributed by atoms with van der Waals surface area (Å²) < 4.78 is 0. The third-order valence-electron chi connectivity index (χ3n) is 2.43. The third kappa shape index (κ3) is 3.46. The minimum absolute atomic E-state index is 0.275. The molecule has 20 heavy (non-hydrogen) atoms. The van der Waals surface area contributed by atoms with Crippen molar-refractivity contribution in [1.82, 2.24) is 4.98 Å². The molecular weight excluding hydrogens is 280 g/mol. The van der Waals surface area contributed by atoms with Crippen LogP contribution in [0.15, 0.2) is 42.7 Å². The number of amides is 3. The van der Waals surface area contributed by atoms with Gasteiger partial charge in [0.15, 0.2) is 0 Å².